The van der Waals surface area contributed by atoms with Gasteiger partial charge >= 0.3 is 5.97 Å². The topological polar surface area (TPSA) is 117 Å². The van der Waals surface area contributed by atoms with Crippen molar-refractivity contribution in [2.24, 2.45) is 7.05 Å². The van der Waals surface area contributed by atoms with Crippen LogP contribution in [0.1, 0.15) is 10.4 Å². The highest BCUT2D eigenvalue weighted by Crippen LogP contribution is 2.28. The summed E-state index contributed by atoms with van der Waals surface area (Å²) in [5.74, 6) is 0.316. The van der Waals surface area contributed by atoms with Crippen LogP contribution in [0, 0.1) is 0 Å². The Morgan fingerprint density at radius 2 is 1.93 bits per heavy atom. The summed E-state index contributed by atoms with van der Waals surface area (Å²) in [7, 11) is 4.46. The van der Waals surface area contributed by atoms with E-state index in [4.69, 9.17) is 9.47 Å². The second kappa shape index (κ2) is 8.83. The maximum absolute atomic E-state index is 12.7. The van der Waals surface area contributed by atoms with Gasteiger partial charge in [-0.15, -0.1) is 5.10 Å². The van der Waals surface area contributed by atoms with Crippen LogP contribution in [0.3, 0.4) is 0 Å². The normalized spacial score (nSPS) is 10.3. The number of nitrogens with zero attached hydrogens (tertiary/aromatic N) is 4. The number of carbonyl (C=O) groups is 2. The number of aromatic nitrogens is 4. The minimum absolute atomic E-state index is 0.254. The zero-order chi connectivity index (χ0) is 20.8. The number of anilines is 1. The van der Waals surface area contributed by atoms with Crippen molar-refractivity contribution in [3.63, 3.8) is 0 Å². The number of nitrogens with one attached hydrogen (secondary N) is 1. The third kappa shape index (κ3) is 4.67. The van der Waals surface area contributed by atoms with Gasteiger partial charge in [0.2, 0.25) is 0 Å². The summed E-state index contributed by atoms with van der Waals surface area (Å²) in [6.07, 6.45) is 0. The highest BCUT2D eigenvalue weighted by atomic mass is 16.6. The molecular formula is C19H19N5O5. The first-order chi connectivity index (χ1) is 14.0. The van der Waals surface area contributed by atoms with Gasteiger partial charge in [-0.05, 0) is 40.8 Å². The van der Waals surface area contributed by atoms with Gasteiger partial charge in [-0.1, -0.05) is 12.1 Å². The van der Waals surface area contributed by atoms with Gasteiger partial charge < -0.3 is 19.5 Å². The molecule has 3 aromatic rings. The number of ether oxygens (including phenoxy) is 3. The van der Waals surface area contributed by atoms with Crippen LogP contribution >= 0.6 is 0 Å². The van der Waals surface area contributed by atoms with Crippen LogP contribution in [0.25, 0.3) is 11.4 Å². The lowest BCUT2D eigenvalue weighted by atomic mass is 10.1. The Kier molecular flexibility index (Phi) is 6.03. The highest BCUT2D eigenvalue weighted by Gasteiger charge is 2.14. The monoisotopic (exact) mass is 397 g/mol. The highest BCUT2D eigenvalue weighted by molar-refractivity contribution is 6.04. The van der Waals surface area contributed by atoms with E-state index in [0.29, 0.717) is 22.8 Å². The molecule has 1 heterocycles. The van der Waals surface area contributed by atoms with Gasteiger partial charge in [0.05, 0.1) is 14.2 Å². The molecule has 0 atom stereocenters. The Labute approximate surface area is 166 Å². The predicted octanol–water partition coefficient (Wildman–Crippen LogP) is 1.69. The molecule has 10 heteroatoms. The molecule has 0 aliphatic carbocycles. The Hall–Kier alpha value is -3.95. The summed E-state index contributed by atoms with van der Waals surface area (Å²) in [6, 6.07) is 11.8. The molecule has 0 bridgehead atoms. The van der Waals surface area contributed by atoms with Gasteiger partial charge in [-0.2, -0.15) is 0 Å². The molecule has 150 valence electrons. The van der Waals surface area contributed by atoms with Gasteiger partial charge in [0.1, 0.15) is 0 Å². The van der Waals surface area contributed by atoms with Crippen molar-refractivity contribution >= 4 is 17.6 Å². The zero-order valence-electron chi connectivity index (χ0n) is 16.1. The quantitative estimate of drug-likeness (QED) is 0.599. The number of aryl methyl sites for hydroxylation is 1. The molecule has 0 saturated carbocycles. The van der Waals surface area contributed by atoms with E-state index in [1.54, 1.807) is 37.4 Å². The Bertz CT molecular complexity index is 1030. The van der Waals surface area contributed by atoms with Crippen LogP contribution in [0.4, 0.5) is 5.69 Å². The van der Waals surface area contributed by atoms with Crippen molar-refractivity contribution in [3.05, 3.63) is 48.0 Å². The Morgan fingerprint density at radius 3 is 2.62 bits per heavy atom. The first-order valence-electron chi connectivity index (χ1n) is 8.53. The van der Waals surface area contributed by atoms with Crippen molar-refractivity contribution in [3.8, 4) is 22.9 Å². The summed E-state index contributed by atoms with van der Waals surface area (Å²) in [5.41, 5.74) is 1.66. The van der Waals surface area contributed by atoms with Crippen molar-refractivity contribution < 1.29 is 23.8 Å². The Morgan fingerprint density at radius 1 is 1.10 bits per heavy atom. The fourth-order valence-corrected chi connectivity index (χ4v) is 2.54. The number of methoxy groups -OCH3 is 2. The standard InChI is InChI=1S/C19H19N5O5/c1-24-18(21-22-23-24)12-5-4-6-14(9-12)20-19(26)13-7-8-15(27-2)16(10-13)29-11-17(25)28-3/h4-10H,11H2,1-3H3,(H,20,26). The summed E-state index contributed by atoms with van der Waals surface area (Å²) >= 11 is 0. The fraction of sp³-hybridized carbons (Fsp3) is 0.211. The molecule has 3 rings (SSSR count). The summed E-state index contributed by atoms with van der Waals surface area (Å²) in [6.45, 7) is -0.300. The van der Waals surface area contributed by atoms with E-state index in [1.165, 1.54) is 25.0 Å². The van der Waals surface area contributed by atoms with Crippen LogP contribution in [-0.2, 0) is 16.6 Å². The lowest BCUT2D eigenvalue weighted by Crippen LogP contribution is -2.15. The van der Waals surface area contributed by atoms with Gasteiger partial charge in [0, 0.05) is 23.9 Å². The molecule has 1 N–H and O–H groups in total. The lowest BCUT2D eigenvalue weighted by Gasteiger charge is -2.12. The summed E-state index contributed by atoms with van der Waals surface area (Å²) in [4.78, 5) is 24.0. The van der Waals surface area contributed by atoms with Gasteiger partial charge in [0.15, 0.2) is 23.9 Å². The van der Waals surface area contributed by atoms with Gasteiger partial charge in [-0.25, -0.2) is 9.48 Å². The number of benzene rings is 2. The average Bonchev–Trinajstić information content (AvgIpc) is 3.17. The van der Waals surface area contributed by atoms with Crippen molar-refractivity contribution in [2.75, 3.05) is 26.1 Å². The molecule has 0 fully saturated rings. The second-order valence-electron chi connectivity index (χ2n) is 5.89. The van der Waals surface area contributed by atoms with E-state index >= 15 is 0 Å². The van der Waals surface area contributed by atoms with Crippen molar-refractivity contribution in [2.45, 2.75) is 0 Å². The molecule has 0 aliphatic heterocycles. The molecule has 0 unspecified atom stereocenters. The lowest BCUT2D eigenvalue weighted by molar-refractivity contribution is -0.142. The molecule has 1 aromatic heterocycles. The van der Waals surface area contributed by atoms with E-state index in [0.717, 1.165) is 5.56 Å². The first-order valence-corrected chi connectivity index (χ1v) is 8.53. The number of carbonyl (C=O) groups excluding carboxylic acids is 2. The number of rotatable bonds is 7. The molecule has 10 nitrogen and oxygen atoms in total. The average molecular weight is 397 g/mol. The molecular weight excluding hydrogens is 378 g/mol. The van der Waals surface area contributed by atoms with Crippen LogP contribution in [0.5, 0.6) is 11.5 Å². The third-order valence-electron chi connectivity index (χ3n) is 4.00. The molecule has 2 aromatic carbocycles. The van der Waals surface area contributed by atoms with E-state index in [1.807, 2.05) is 6.07 Å². The van der Waals surface area contributed by atoms with Crippen molar-refractivity contribution in [1.29, 1.82) is 0 Å². The fourth-order valence-electron chi connectivity index (χ4n) is 2.54. The number of tetrazole rings is 1. The SMILES string of the molecule is COC(=O)COc1cc(C(=O)Nc2cccc(-c3nnnn3C)c2)ccc1OC. The van der Waals surface area contributed by atoms with Crippen molar-refractivity contribution in [1.82, 2.24) is 20.2 Å². The van der Waals surface area contributed by atoms with Gasteiger partial charge in [0.25, 0.3) is 5.91 Å². The van der Waals surface area contributed by atoms with E-state index in [9.17, 15) is 9.59 Å². The predicted molar refractivity (Wildman–Crippen MR) is 103 cm³/mol. The molecule has 0 spiro atoms. The molecule has 0 saturated heterocycles. The Balaban J connectivity index is 1.78. The second-order valence-corrected chi connectivity index (χ2v) is 5.89. The smallest absolute Gasteiger partial charge is 0.343 e. The van der Waals surface area contributed by atoms with Crippen LogP contribution in [0.2, 0.25) is 0 Å². The molecule has 29 heavy (non-hydrogen) atoms. The number of amides is 1. The third-order valence-corrected chi connectivity index (χ3v) is 4.00. The summed E-state index contributed by atoms with van der Waals surface area (Å²) in [5, 5.41) is 14.2. The van der Waals surface area contributed by atoms with Crippen LogP contribution < -0.4 is 14.8 Å². The number of esters is 1. The molecule has 1 amide bonds. The van der Waals surface area contributed by atoms with E-state index in [-0.39, 0.29) is 18.3 Å². The maximum Gasteiger partial charge on any atom is 0.343 e. The van der Waals surface area contributed by atoms with E-state index in [2.05, 4.69) is 25.6 Å². The van der Waals surface area contributed by atoms with Crippen LogP contribution in [0.15, 0.2) is 42.5 Å². The maximum atomic E-state index is 12.7. The molecule has 0 radical (unpaired) electrons. The number of hydrogen-bond acceptors (Lipinski definition) is 8. The van der Waals surface area contributed by atoms with Gasteiger partial charge in [-0.3, -0.25) is 4.79 Å². The molecule has 0 aliphatic rings. The van der Waals surface area contributed by atoms with Crippen LogP contribution in [-0.4, -0.2) is 52.9 Å². The largest absolute Gasteiger partial charge is 0.493 e. The number of hydrogen-bond donors (Lipinski definition) is 1. The first kappa shape index (κ1) is 19.8. The summed E-state index contributed by atoms with van der Waals surface area (Å²) < 4.78 is 16.7. The minimum Gasteiger partial charge on any atom is -0.493 e. The van der Waals surface area contributed by atoms with E-state index < -0.39 is 5.97 Å². The zero-order valence-corrected chi connectivity index (χ0v) is 16.1. The minimum atomic E-state index is -0.544.